The predicted octanol–water partition coefficient (Wildman–Crippen LogP) is 3.46. The van der Waals surface area contributed by atoms with Gasteiger partial charge in [0.2, 0.25) is 5.91 Å². The van der Waals surface area contributed by atoms with Gasteiger partial charge in [-0.05, 0) is 55.7 Å². The molecule has 168 valence electrons. The minimum absolute atomic E-state index is 0.0642. The molecule has 0 unspecified atom stereocenters. The van der Waals surface area contributed by atoms with E-state index >= 15 is 0 Å². The number of benzene rings is 2. The Balaban J connectivity index is 1.86. The predicted molar refractivity (Wildman–Crippen MR) is 130 cm³/mol. The van der Waals surface area contributed by atoms with Crippen LogP contribution in [0.2, 0.25) is 0 Å². The minimum atomic E-state index is -0.668. The Labute approximate surface area is 192 Å². The van der Waals surface area contributed by atoms with E-state index in [1.165, 1.54) is 0 Å². The molecule has 2 aromatic carbocycles. The number of rotatable bonds is 5. The number of amides is 1. The molecule has 1 fully saturated rings. The largest absolute Gasteiger partial charge is 0.507 e. The van der Waals surface area contributed by atoms with Gasteiger partial charge in [-0.1, -0.05) is 18.2 Å². The number of carbonyl (C=O) groups excluding carboxylic acids is 1. The maximum Gasteiger partial charge on any atom is 0.241 e. The van der Waals surface area contributed by atoms with E-state index in [2.05, 4.69) is 21.3 Å². The van der Waals surface area contributed by atoms with Crippen molar-refractivity contribution in [3.8, 4) is 34.2 Å². The second-order valence-corrected chi connectivity index (χ2v) is 8.15. The van der Waals surface area contributed by atoms with Crippen LogP contribution in [0.15, 0.2) is 48.5 Å². The van der Waals surface area contributed by atoms with Crippen molar-refractivity contribution in [3.05, 3.63) is 54.1 Å². The SMILES string of the molecule is C[C@H](N)C(=O)Nc1cc(-c2cc(-c3ccccc3O)nc(N)c2C#N)ccc1N1CCCC1. The summed E-state index contributed by atoms with van der Waals surface area (Å²) in [6.45, 7) is 3.44. The van der Waals surface area contributed by atoms with Crippen molar-refractivity contribution in [1.29, 1.82) is 5.26 Å². The second-order valence-electron chi connectivity index (χ2n) is 8.15. The smallest absolute Gasteiger partial charge is 0.241 e. The number of para-hydroxylation sites is 1. The fourth-order valence-corrected chi connectivity index (χ4v) is 4.02. The molecule has 0 radical (unpaired) electrons. The average Bonchev–Trinajstić information content (AvgIpc) is 3.33. The lowest BCUT2D eigenvalue weighted by molar-refractivity contribution is -0.117. The van der Waals surface area contributed by atoms with Crippen molar-refractivity contribution in [1.82, 2.24) is 4.98 Å². The number of nitrogens with two attached hydrogens (primary N) is 2. The van der Waals surface area contributed by atoms with Gasteiger partial charge in [-0.2, -0.15) is 5.26 Å². The van der Waals surface area contributed by atoms with Crippen LogP contribution in [0.4, 0.5) is 17.2 Å². The van der Waals surface area contributed by atoms with Crippen LogP contribution in [0.5, 0.6) is 5.75 Å². The lowest BCUT2D eigenvalue weighted by Crippen LogP contribution is -2.33. The summed E-state index contributed by atoms with van der Waals surface area (Å²) in [4.78, 5) is 19.0. The molecule has 2 heterocycles. The first-order valence-corrected chi connectivity index (χ1v) is 10.8. The zero-order chi connectivity index (χ0) is 23.5. The summed E-state index contributed by atoms with van der Waals surface area (Å²) in [6.07, 6.45) is 2.18. The van der Waals surface area contributed by atoms with Crippen LogP contribution in [0.25, 0.3) is 22.4 Å². The molecular formula is C25H26N6O2. The molecule has 33 heavy (non-hydrogen) atoms. The van der Waals surface area contributed by atoms with E-state index in [9.17, 15) is 15.2 Å². The monoisotopic (exact) mass is 442 g/mol. The summed E-state index contributed by atoms with van der Waals surface area (Å²) in [5.41, 5.74) is 15.9. The van der Waals surface area contributed by atoms with Crippen molar-refractivity contribution >= 4 is 23.1 Å². The van der Waals surface area contributed by atoms with Gasteiger partial charge in [-0.25, -0.2) is 4.98 Å². The van der Waals surface area contributed by atoms with Crippen molar-refractivity contribution in [2.75, 3.05) is 29.0 Å². The van der Waals surface area contributed by atoms with E-state index in [1.54, 1.807) is 37.3 Å². The summed E-state index contributed by atoms with van der Waals surface area (Å²) in [7, 11) is 0. The first kappa shape index (κ1) is 22.1. The molecule has 1 atom stereocenters. The molecule has 8 heteroatoms. The number of anilines is 3. The standard InChI is InChI=1S/C25H26N6O2/c1-15(27)25(33)30-21-12-16(8-9-22(21)31-10-4-5-11-31)18-13-20(29-24(28)19(18)14-26)17-6-2-3-7-23(17)32/h2-3,6-9,12-13,15,32H,4-5,10-11,27H2,1H3,(H2,28,29)(H,30,33)/t15-/m0/s1. The lowest BCUT2D eigenvalue weighted by atomic mass is 9.97. The van der Waals surface area contributed by atoms with Crippen LogP contribution in [0.3, 0.4) is 0 Å². The highest BCUT2D eigenvalue weighted by Crippen LogP contribution is 2.38. The van der Waals surface area contributed by atoms with Crippen LogP contribution >= 0.6 is 0 Å². The second kappa shape index (κ2) is 9.18. The Hall–Kier alpha value is -4.09. The number of hydrogen-bond donors (Lipinski definition) is 4. The van der Waals surface area contributed by atoms with Crippen molar-refractivity contribution in [2.24, 2.45) is 5.73 Å². The van der Waals surface area contributed by atoms with Crippen LogP contribution in [0, 0.1) is 11.3 Å². The Morgan fingerprint density at radius 1 is 1.18 bits per heavy atom. The van der Waals surface area contributed by atoms with Crippen molar-refractivity contribution < 1.29 is 9.90 Å². The number of pyridine rings is 1. The Kier molecular flexibility index (Phi) is 6.16. The van der Waals surface area contributed by atoms with Crippen molar-refractivity contribution in [2.45, 2.75) is 25.8 Å². The molecule has 0 aliphatic carbocycles. The van der Waals surface area contributed by atoms with Gasteiger partial charge in [0.25, 0.3) is 0 Å². The Morgan fingerprint density at radius 2 is 1.91 bits per heavy atom. The molecule has 0 spiro atoms. The van der Waals surface area contributed by atoms with Gasteiger partial charge in [0.05, 0.1) is 23.1 Å². The highest BCUT2D eigenvalue weighted by molar-refractivity contribution is 5.98. The fraction of sp³-hybridized carbons (Fsp3) is 0.240. The molecule has 1 amide bonds. The first-order chi connectivity index (χ1) is 15.9. The van der Waals surface area contributed by atoms with Crippen LogP contribution in [-0.2, 0) is 4.79 Å². The highest BCUT2D eigenvalue weighted by Gasteiger charge is 2.21. The number of nitrogen functional groups attached to an aromatic ring is 1. The number of nitrogens with one attached hydrogen (secondary N) is 1. The van der Waals surface area contributed by atoms with Crippen LogP contribution in [0.1, 0.15) is 25.3 Å². The zero-order valence-electron chi connectivity index (χ0n) is 18.4. The molecule has 3 aromatic rings. The average molecular weight is 443 g/mol. The molecule has 1 aliphatic heterocycles. The molecule has 0 bridgehead atoms. The number of carbonyl (C=O) groups is 1. The van der Waals surface area contributed by atoms with Gasteiger partial charge in [0, 0.05) is 24.2 Å². The van der Waals surface area contributed by atoms with E-state index in [-0.39, 0.29) is 23.0 Å². The van der Waals surface area contributed by atoms with Gasteiger partial charge >= 0.3 is 0 Å². The molecule has 1 aromatic heterocycles. The summed E-state index contributed by atoms with van der Waals surface area (Å²) in [6, 6.07) is 15.7. The van der Waals surface area contributed by atoms with E-state index in [0.29, 0.717) is 28.1 Å². The number of aromatic nitrogens is 1. The maximum atomic E-state index is 12.4. The Bertz CT molecular complexity index is 1240. The highest BCUT2D eigenvalue weighted by atomic mass is 16.3. The summed E-state index contributed by atoms with van der Waals surface area (Å²) < 4.78 is 0. The third-order valence-electron chi connectivity index (χ3n) is 5.76. The van der Waals surface area contributed by atoms with Gasteiger partial charge in [-0.15, -0.1) is 0 Å². The fourth-order valence-electron chi connectivity index (χ4n) is 4.02. The number of nitrogens with zero attached hydrogens (tertiary/aromatic N) is 3. The number of phenolic OH excluding ortho intramolecular Hbond substituents is 1. The van der Waals surface area contributed by atoms with E-state index in [0.717, 1.165) is 31.6 Å². The van der Waals surface area contributed by atoms with E-state index in [4.69, 9.17) is 11.5 Å². The first-order valence-electron chi connectivity index (χ1n) is 10.8. The van der Waals surface area contributed by atoms with Gasteiger partial charge in [0.1, 0.15) is 23.2 Å². The summed E-state index contributed by atoms with van der Waals surface area (Å²) >= 11 is 0. The molecule has 0 saturated carbocycles. The van der Waals surface area contributed by atoms with Crippen LogP contribution < -0.4 is 21.7 Å². The molecule has 8 nitrogen and oxygen atoms in total. The number of hydrogen-bond acceptors (Lipinski definition) is 7. The topological polar surface area (TPSA) is 141 Å². The number of nitriles is 1. The lowest BCUT2D eigenvalue weighted by Gasteiger charge is -2.23. The van der Waals surface area contributed by atoms with Gasteiger partial charge in [-0.3, -0.25) is 4.79 Å². The molecule has 1 saturated heterocycles. The quantitative estimate of drug-likeness (QED) is 0.474. The summed E-state index contributed by atoms with van der Waals surface area (Å²) in [5, 5.41) is 23.0. The van der Waals surface area contributed by atoms with Gasteiger partial charge in [0.15, 0.2) is 0 Å². The normalized spacial score (nSPS) is 14.0. The minimum Gasteiger partial charge on any atom is -0.507 e. The van der Waals surface area contributed by atoms with E-state index in [1.807, 2.05) is 18.2 Å². The molecular weight excluding hydrogens is 416 g/mol. The molecule has 1 aliphatic rings. The Morgan fingerprint density at radius 3 is 2.58 bits per heavy atom. The third-order valence-corrected chi connectivity index (χ3v) is 5.76. The van der Waals surface area contributed by atoms with E-state index < -0.39 is 6.04 Å². The number of phenols is 1. The number of aromatic hydroxyl groups is 1. The molecule has 6 N–H and O–H groups in total. The van der Waals surface area contributed by atoms with Gasteiger partial charge < -0.3 is 26.8 Å². The van der Waals surface area contributed by atoms with Crippen molar-refractivity contribution in [3.63, 3.8) is 0 Å². The zero-order valence-corrected chi connectivity index (χ0v) is 18.4. The molecule has 4 rings (SSSR count). The third kappa shape index (κ3) is 4.45. The van der Waals surface area contributed by atoms with Crippen LogP contribution in [-0.4, -0.2) is 35.1 Å². The maximum absolute atomic E-state index is 12.4. The summed E-state index contributed by atoms with van der Waals surface area (Å²) in [5.74, 6) is -0.162.